The molecule has 1 aliphatic heterocycles. The van der Waals surface area contributed by atoms with Crippen molar-refractivity contribution in [2.24, 2.45) is 10.9 Å². The van der Waals surface area contributed by atoms with Gasteiger partial charge in [0, 0.05) is 11.1 Å². The van der Waals surface area contributed by atoms with Crippen LogP contribution in [0.1, 0.15) is 44.6 Å². The Morgan fingerprint density at radius 2 is 1.91 bits per heavy atom. The lowest BCUT2D eigenvalue weighted by atomic mass is 9.97. The molecule has 0 spiro atoms. The van der Waals surface area contributed by atoms with E-state index < -0.39 is 0 Å². The van der Waals surface area contributed by atoms with Gasteiger partial charge in [0.25, 0.3) is 0 Å². The fraction of sp³-hybridized carbons (Fsp3) is 0.276. The van der Waals surface area contributed by atoms with Crippen LogP contribution < -0.4 is 10.6 Å². The summed E-state index contributed by atoms with van der Waals surface area (Å²) in [5.41, 5.74) is 5.95. The highest BCUT2D eigenvalue weighted by Crippen LogP contribution is 2.41. The van der Waals surface area contributed by atoms with E-state index in [0.717, 1.165) is 53.4 Å². The first-order chi connectivity index (χ1) is 16.8. The molecule has 2 heterocycles. The van der Waals surface area contributed by atoms with Gasteiger partial charge < -0.3 is 10.6 Å². The first-order valence-corrected chi connectivity index (χ1v) is 12.3. The van der Waals surface area contributed by atoms with Crippen LogP contribution in [0.4, 0.5) is 17.5 Å². The summed E-state index contributed by atoms with van der Waals surface area (Å²) in [5.74, 6) is 2.98. The van der Waals surface area contributed by atoms with E-state index in [0.29, 0.717) is 12.0 Å². The summed E-state index contributed by atoms with van der Waals surface area (Å²) in [6.45, 7) is 2.21. The summed E-state index contributed by atoms with van der Waals surface area (Å²) < 4.78 is 0. The van der Waals surface area contributed by atoms with Gasteiger partial charge >= 0.3 is 0 Å². The molecule has 34 heavy (non-hydrogen) atoms. The number of amidine groups is 1. The molecule has 3 aliphatic rings. The number of hydrogen-bond donors (Lipinski definition) is 2. The topological polar surface area (TPSA) is 62.2 Å². The smallest absolute Gasteiger partial charge is 0.229 e. The van der Waals surface area contributed by atoms with Crippen LogP contribution in [0, 0.1) is 5.92 Å². The molecular formula is C29H29N5. The number of allylic oxidation sites excluding steroid dienone is 4. The zero-order valence-corrected chi connectivity index (χ0v) is 19.5. The zero-order valence-electron chi connectivity index (χ0n) is 19.5. The molecule has 2 N–H and O–H groups in total. The SMILES string of the molecule is CCC1N=C(Nc2nc(Nc3cccc(C4=CC=CCC4)c3)nc3ccccc23)C=C1C1CC1. The summed E-state index contributed by atoms with van der Waals surface area (Å²) in [6.07, 6.45) is 14.6. The molecule has 5 heteroatoms. The third-order valence-corrected chi connectivity index (χ3v) is 6.77. The van der Waals surface area contributed by atoms with Crippen LogP contribution in [0.25, 0.3) is 16.5 Å². The van der Waals surface area contributed by atoms with Crippen LogP contribution in [0.15, 0.2) is 83.4 Å². The summed E-state index contributed by atoms with van der Waals surface area (Å²) in [6, 6.07) is 16.9. The van der Waals surface area contributed by atoms with E-state index in [4.69, 9.17) is 15.0 Å². The zero-order chi connectivity index (χ0) is 22.9. The minimum atomic E-state index is 0.298. The number of aliphatic imine (C=N–C) groups is 1. The first kappa shape index (κ1) is 20.8. The number of hydrogen-bond acceptors (Lipinski definition) is 5. The number of nitrogens with zero attached hydrogens (tertiary/aromatic N) is 3. The molecule has 6 rings (SSSR count). The Bertz CT molecular complexity index is 1360. The van der Waals surface area contributed by atoms with E-state index in [1.54, 1.807) is 0 Å². The van der Waals surface area contributed by atoms with Gasteiger partial charge in [0.15, 0.2) is 0 Å². The van der Waals surface area contributed by atoms with E-state index in [2.05, 4.69) is 72.2 Å². The van der Waals surface area contributed by atoms with Gasteiger partial charge in [-0.3, -0.25) is 4.99 Å². The van der Waals surface area contributed by atoms with E-state index in [9.17, 15) is 0 Å². The van der Waals surface area contributed by atoms with E-state index in [1.165, 1.54) is 29.6 Å². The highest BCUT2D eigenvalue weighted by atomic mass is 15.2. The summed E-state index contributed by atoms with van der Waals surface area (Å²) in [4.78, 5) is 14.6. The van der Waals surface area contributed by atoms with Crippen LogP contribution in [0.2, 0.25) is 0 Å². The van der Waals surface area contributed by atoms with Gasteiger partial charge in [-0.15, -0.1) is 0 Å². The first-order valence-electron chi connectivity index (χ1n) is 12.3. The van der Waals surface area contributed by atoms with Crippen LogP contribution in [0.5, 0.6) is 0 Å². The summed E-state index contributed by atoms with van der Waals surface area (Å²) >= 11 is 0. The Kier molecular flexibility index (Phi) is 5.46. The molecule has 0 saturated heterocycles. The molecule has 1 unspecified atom stereocenters. The van der Waals surface area contributed by atoms with Gasteiger partial charge in [0.05, 0.1) is 11.6 Å². The second-order valence-corrected chi connectivity index (χ2v) is 9.26. The summed E-state index contributed by atoms with van der Waals surface area (Å²) in [5, 5.41) is 7.94. The van der Waals surface area contributed by atoms with Crippen molar-refractivity contribution in [2.75, 3.05) is 10.6 Å². The summed E-state index contributed by atoms with van der Waals surface area (Å²) in [7, 11) is 0. The van der Waals surface area contributed by atoms with Crippen molar-refractivity contribution in [2.45, 2.75) is 45.1 Å². The predicted octanol–water partition coefficient (Wildman–Crippen LogP) is 7.05. The second-order valence-electron chi connectivity index (χ2n) is 9.26. The third-order valence-electron chi connectivity index (χ3n) is 6.77. The monoisotopic (exact) mass is 447 g/mol. The maximum Gasteiger partial charge on any atom is 0.229 e. The van der Waals surface area contributed by atoms with Crippen molar-refractivity contribution in [3.8, 4) is 0 Å². The Morgan fingerprint density at radius 3 is 2.74 bits per heavy atom. The molecule has 1 fully saturated rings. The van der Waals surface area contributed by atoms with Gasteiger partial charge in [0.1, 0.15) is 11.7 Å². The van der Waals surface area contributed by atoms with Crippen LogP contribution in [-0.2, 0) is 0 Å². The lowest BCUT2D eigenvalue weighted by Crippen LogP contribution is -2.11. The maximum absolute atomic E-state index is 4.95. The van der Waals surface area contributed by atoms with E-state index >= 15 is 0 Å². The average Bonchev–Trinajstić information content (AvgIpc) is 3.65. The number of fused-ring (bicyclic) bond motifs is 1. The highest BCUT2D eigenvalue weighted by molar-refractivity contribution is 6.09. The fourth-order valence-electron chi connectivity index (χ4n) is 4.85. The standard InChI is InChI=1S/C29H29N5/c1-2-25-24(20-15-16-20)18-27(31-25)33-28-23-13-6-7-14-26(23)32-29(34-28)30-22-12-8-11-21(17-22)19-9-4-3-5-10-19/h3-4,6-9,11-14,17-18,20,25H,2,5,10,15-16H2,1H3,(H2,30,31,32,33,34). The Hall–Kier alpha value is -3.73. The molecule has 1 atom stereocenters. The molecular weight excluding hydrogens is 418 g/mol. The number of para-hydroxylation sites is 1. The quantitative estimate of drug-likeness (QED) is 0.425. The Morgan fingerprint density at radius 1 is 1.00 bits per heavy atom. The number of rotatable bonds is 6. The fourth-order valence-corrected chi connectivity index (χ4v) is 4.85. The molecule has 2 aliphatic carbocycles. The molecule has 3 aromatic rings. The van der Waals surface area contributed by atoms with E-state index in [-0.39, 0.29) is 0 Å². The normalized spacial score (nSPS) is 19.6. The minimum absolute atomic E-state index is 0.298. The van der Waals surface area contributed by atoms with Crippen molar-refractivity contribution < 1.29 is 0 Å². The molecule has 5 nitrogen and oxygen atoms in total. The maximum atomic E-state index is 4.95. The van der Waals surface area contributed by atoms with Crippen molar-refractivity contribution in [1.29, 1.82) is 0 Å². The van der Waals surface area contributed by atoms with Crippen molar-refractivity contribution >= 4 is 39.8 Å². The minimum Gasteiger partial charge on any atom is -0.325 e. The lowest BCUT2D eigenvalue weighted by Gasteiger charge is -2.13. The van der Waals surface area contributed by atoms with Gasteiger partial charge in [-0.25, -0.2) is 4.98 Å². The molecule has 0 bridgehead atoms. The molecule has 1 aromatic heterocycles. The van der Waals surface area contributed by atoms with Crippen LogP contribution >= 0.6 is 0 Å². The largest absolute Gasteiger partial charge is 0.325 e. The predicted molar refractivity (Wildman–Crippen MR) is 142 cm³/mol. The van der Waals surface area contributed by atoms with Gasteiger partial charge in [0.2, 0.25) is 5.95 Å². The van der Waals surface area contributed by atoms with Gasteiger partial charge in [-0.05, 0) is 85.1 Å². The Balaban J connectivity index is 1.31. The van der Waals surface area contributed by atoms with E-state index in [1.807, 2.05) is 18.2 Å². The van der Waals surface area contributed by atoms with Crippen molar-refractivity contribution in [1.82, 2.24) is 9.97 Å². The highest BCUT2D eigenvalue weighted by Gasteiger charge is 2.33. The molecule has 0 radical (unpaired) electrons. The van der Waals surface area contributed by atoms with Gasteiger partial charge in [-0.2, -0.15) is 4.98 Å². The molecule has 1 saturated carbocycles. The third kappa shape index (κ3) is 4.26. The second kappa shape index (κ2) is 8.90. The van der Waals surface area contributed by atoms with Gasteiger partial charge in [-0.1, -0.05) is 49.4 Å². The number of anilines is 3. The average molecular weight is 448 g/mol. The van der Waals surface area contributed by atoms with Crippen molar-refractivity contribution in [3.05, 3.63) is 84.0 Å². The molecule has 2 aromatic carbocycles. The number of nitrogens with one attached hydrogen (secondary N) is 2. The molecule has 0 amide bonds. The van der Waals surface area contributed by atoms with Crippen molar-refractivity contribution in [3.63, 3.8) is 0 Å². The van der Waals surface area contributed by atoms with Crippen LogP contribution in [0.3, 0.4) is 0 Å². The number of benzene rings is 2. The number of aromatic nitrogens is 2. The molecule has 170 valence electrons. The van der Waals surface area contributed by atoms with Crippen LogP contribution in [-0.4, -0.2) is 21.8 Å². The lowest BCUT2D eigenvalue weighted by molar-refractivity contribution is 0.709. The Labute approximate surface area is 200 Å².